The smallest absolute Gasteiger partial charge is 0.335 e. The van der Waals surface area contributed by atoms with Crippen molar-refractivity contribution in [3.8, 4) is 0 Å². The highest BCUT2D eigenvalue weighted by Gasteiger charge is 2.31. The van der Waals surface area contributed by atoms with Gasteiger partial charge in [-0.2, -0.15) is 0 Å². The molecule has 5 nitrogen and oxygen atoms in total. The van der Waals surface area contributed by atoms with E-state index < -0.39 is 21.2 Å². The van der Waals surface area contributed by atoms with Crippen LogP contribution in [-0.2, 0) is 10.0 Å². The van der Waals surface area contributed by atoms with Crippen molar-refractivity contribution in [2.75, 3.05) is 13.1 Å². The number of rotatable bonds is 4. The second-order valence-electron chi connectivity index (χ2n) is 5.72. The zero-order chi connectivity index (χ0) is 15.6. The number of carbonyl (C=O) groups is 1. The van der Waals surface area contributed by atoms with E-state index in [0.29, 0.717) is 13.1 Å². The molecule has 1 aromatic carbocycles. The number of hydrogen-bond donors (Lipinski definition) is 1. The van der Waals surface area contributed by atoms with Gasteiger partial charge in [-0.15, -0.1) is 0 Å². The number of piperidine rings is 1. The van der Waals surface area contributed by atoms with Crippen molar-refractivity contribution >= 4 is 16.0 Å². The zero-order valence-electron chi connectivity index (χ0n) is 12.3. The topological polar surface area (TPSA) is 74.7 Å². The molecule has 21 heavy (non-hydrogen) atoms. The van der Waals surface area contributed by atoms with Crippen LogP contribution in [0.2, 0.25) is 0 Å². The molecule has 0 radical (unpaired) electrons. The first-order valence-corrected chi connectivity index (χ1v) is 8.65. The van der Waals surface area contributed by atoms with Gasteiger partial charge in [0.15, 0.2) is 0 Å². The van der Waals surface area contributed by atoms with Crippen LogP contribution in [0.25, 0.3) is 0 Å². The van der Waals surface area contributed by atoms with Crippen LogP contribution >= 0.6 is 0 Å². The summed E-state index contributed by atoms with van der Waals surface area (Å²) in [5.41, 5.74) is 1.15. The number of aromatic carboxylic acids is 1. The van der Waals surface area contributed by atoms with Crippen LogP contribution in [-0.4, -0.2) is 42.1 Å². The normalized spacial score (nSPS) is 20.6. The van der Waals surface area contributed by atoms with Gasteiger partial charge in [-0.3, -0.25) is 0 Å². The van der Waals surface area contributed by atoms with E-state index in [1.807, 2.05) is 6.07 Å². The molecular formula is C15H21NO4S. The molecule has 0 spiro atoms. The summed E-state index contributed by atoms with van der Waals surface area (Å²) in [5, 5.41) is 8.63. The minimum absolute atomic E-state index is 0.0616. The molecule has 1 saturated heterocycles. The highest BCUT2D eigenvalue weighted by Crippen LogP contribution is 2.29. The van der Waals surface area contributed by atoms with Gasteiger partial charge in [-0.05, 0) is 50.3 Å². The van der Waals surface area contributed by atoms with Gasteiger partial charge in [-0.25, -0.2) is 17.5 Å². The van der Waals surface area contributed by atoms with E-state index in [9.17, 15) is 13.2 Å². The summed E-state index contributed by atoms with van der Waals surface area (Å²) < 4.78 is 26.1. The van der Waals surface area contributed by atoms with Crippen LogP contribution < -0.4 is 0 Å². The summed E-state index contributed by atoms with van der Waals surface area (Å²) in [6.07, 6.45) is 1.68. The highest BCUT2D eigenvalue weighted by molar-refractivity contribution is 7.89. The Labute approximate surface area is 125 Å². The number of hydrogen-bond acceptors (Lipinski definition) is 3. The maximum Gasteiger partial charge on any atom is 0.335 e. The highest BCUT2D eigenvalue weighted by atomic mass is 32.2. The minimum Gasteiger partial charge on any atom is -0.478 e. The Morgan fingerprint density at radius 2 is 2.10 bits per heavy atom. The third kappa shape index (κ3) is 3.44. The molecule has 1 aliphatic heterocycles. The molecule has 1 atom stereocenters. The fourth-order valence-electron chi connectivity index (χ4n) is 2.67. The molecule has 6 heteroatoms. The van der Waals surface area contributed by atoms with Crippen LogP contribution in [0.4, 0.5) is 0 Å². The molecule has 0 amide bonds. The lowest BCUT2D eigenvalue weighted by Crippen LogP contribution is -2.42. The first kappa shape index (κ1) is 16.0. The van der Waals surface area contributed by atoms with Crippen molar-refractivity contribution in [3.63, 3.8) is 0 Å². The van der Waals surface area contributed by atoms with Crippen LogP contribution in [0.3, 0.4) is 0 Å². The molecule has 1 aliphatic rings. The summed E-state index contributed by atoms with van der Waals surface area (Å²) in [4.78, 5) is 11.0. The van der Waals surface area contributed by atoms with Gasteiger partial charge >= 0.3 is 5.97 Å². The molecule has 2 rings (SSSR count). The van der Waals surface area contributed by atoms with Gasteiger partial charge in [0, 0.05) is 13.1 Å². The van der Waals surface area contributed by atoms with Crippen molar-refractivity contribution in [2.45, 2.75) is 37.9 Å². The second-order valence-corrected chi connectivity index (χ2v) is 8.21. The first-order chi connectivity index (χ1) is 9.82. The average Bonchev–Trinajstić information content (AvgIpc) is 2.47. The molecule has 0 bridgehead atoms. The van der Waals surface area contributed by atoms with Gasteiger partial charge in [0.2, 0.25) is 10.0 Å². The Balaban J connectivity index is 2.22. The fourth-order valence-corrected chi connectivity index (χ4v) is 4.04. The van der Waals surface area contributed by atoms with Crippen molar-refractivity contribution < 1.29 is 18.3 Å². The second kappa shape index (κ2) is 6.15. The zero-order valence-corrected chi connectivity index (χ0v) is 13.1. The van der Waals surface area contributed by atoms with Crippen LogP contribution in [0.1, 0.15) is 48.5 Å². The Kier molecular flexibility index (Phi) is 4.68. The van der Waals surface area contributed by atoms with Gasteiger partial charge < -0.3 is 5.11 Å². The third-order valence-electron chi connectivity index (χ3n) is 3.94. The van der Waals surface area contributed by atoms with E-state index in [4.69, 9.17) is 5.11 Å². The maximum absolute atomic E-state index is 12.3. The third-order valence-corrected chi connectivity index (χ3v) is 6.19. The summed E-state index contributed by atoms with van der Waals surface area (Å²) in [5.74, 6) is -0.897. The molecule has 1 aromatic rings. The Morgan fingerprint density at radius 3 is 2.71 bits per heavy atom. The van der Waals surface area contributed by atoms with Crippen LogP contribution in [0, 0.1) is 0 Å². The predicted octanol–water partition coefficient (Wildman–Crippen LogP) is 2.30. The number of nitrogens with zero attached hydrogens (tertiary/aromatic N) is 1. The van der Waals surface area contributed by atoms with E-state index in [2.05, 4.69) is 0 Å². The fraction of sp³-hybridized carbons (Fsp3) is 0.533. The number of benzene rings is 1. The first-order valence-electron chi connectivity index (χ1n) is 7.14. The van der Waals surface area contributed by atoms with E-state index in [0.717, 1.165) is 18.4 Å². The average molecular weight is 311 g/mol. The molecule has 1 unspecified atom stereocenters. The van der Waals surface area contributed by atoms with E-state index in [1.54, 1.807) is 36.4 Å². The van der Waals surface area contributed by atoms with Crippen molar-refractivity contribution in [1.29, 1.82) is 0 Å². The van der Waals surface area contributed by atoms with Crippen molar-refractivity contribution in [1.82, 2.24) is 4.31 Å². The quantitative estimate of drug-likeness (QED) is 0.926. The summed E-state index contributed by atoms with van der Waals surface area (Å²) in [6, 6.07) is 6.80. The Morgan fingerprint density at radius 1 is 1.38 bits per heavy atom. The van der Waals surface area contributed by atoms with Gasteiger partial charge in [0.1, 0.15) is 0 Å². The van der Waals surface area contributed by atoms with Gasteiger partial charge in [0.25, 0.3) is 0 Å². The maximum atomic E-state index is 12.3. The number of sulfonamides is 1. The van der Waals surface area contributed by atoms with Crippen LogP contribution in [0.15, 0.2) is 24.3 Å². The molecule has 0 aromatic heterocycles. The minimum atomic E-state index is -3.25. The van der Waals surface area contributed by atoms with Crippen molar-refractivity contribution in [2.24, 2.45) is 0 Å². The molecule has 1 fully saturated rings. The van der Waals surface area contributed by atoms with Crippen LogP contribution in [0.5, 0.6) is 0 Å². The van der Waals surface area contributed by atoms with E-state index >= 15 is 0 Å². The number of carboxylic acids is 1. The van der Waals surface area contributed by atoms with Crippen molar-refractivity contribution in [3.05, 3.63) is 35.4 Å². The lowest BCUT2D eigenvalue weighted by molar-refractivity contribution is 0.0696. The lowest BCUT2D eigenvalue weighted by Gasteiger charge is -2.33. The van der Waals surface area contributed by atoms with E-state index in [-0.39, 0.29) is 11.5 Å². The Hall–Kier alpha value is -1.40. The molecule has 0 saturated carbocycles. The predicted molar refractivity (Wildman–Crippen MR) is 81.0 cm³/mol. The van der Waals surface area contributed by atoms with E-state index in [1.165, 1.54) is 0 Å². The molecule has 1 heterocycles. The van der Waals surface area contributed by atoms with Gasteiger partial charge in [0.05, 0.1) is 10.8 Å². The summed E-state index contributed by atoms with van der Waals surface area (Å²) in [6.45, 7) is 4.35. The largest absolute Gasteiger partial charge is 0.478 e. The molecular weight excluding hydrogens is 290 g/mol. The molecule has 1 N–H and O–H groups in total. The van der Waals surface area contributed by atoms with Gasteiger partial charge in [-0.1, -0.05) is 12.1 Å². The number of carboxylic acid groups (broad SMARTS) is 1. The lowest BCUT2D eigenvalue weighted by atomic mass is 9.91. The standard InChI is InChI=1S/C15H21NO4S/c1-11(2)21(19,20)16-8-4-7-14(10-16)12-5-3-6-13(9-12)15(17)18/h3,5-6,9,11,14H,4,7-8,10H2,1-2H3,(H,17,18). The summed E-state index contributed by atoms with van der Waals surface area (Å²) in [7, 11) is -3.25. The molecule has 116 valence electrons. The molecule has 0 aliphatic carbocycles. The SMILES string of the molecule is CC(C)S(=O)(=O)N1CCCC(c2cccc(C(=O)O)c2)C1. The summed E-state index contributed by atoms with van der Waals surface area (Å²) >= 11 is 0. The monoisotopic (exact) mass is 311 g/mol. The Bertz CT molecular complexity index is 624.